The number of morpholine rings is 1. The molecule has 3 aliphatic rings. The highest BCUT2D eigenvalue weighted by molar-refractivity contribution is 5.62. The Balaban J connectivity index is 1.82. The first-order valence-electron chi connectivity index (χ1n) is 9.68. The number of quaternary nitrogens is 1. The van der Waals surface area contributed by atoms with Crippen molar-refractivity contribution < 1.29 is 14.6 Å². The number of pyridine rings is 1. The number of hydrogen-bond acceptors (Lipinski definition) is 4. The first-order valence-corrected chi connectivity index (χ1v) is 9.68. The number of fused-ring (bicyclic) bond motifs is 1. The molecule has 6 nitrogen and oxygen atoms in total. The summed E-state index contributed by atoms with van der Waals surface area (Å²) in [5.41, 5.74) is 3.53. The molecule has 0 spiro atoms. The van der Waals surface area contributed by atoms with Gasteiger partial charge in [-0.15, -0.1) is 0 Å². The van der Waals surface area contributed by atoms with Gasteiger partial charge in [-0.25, -0.2) is 4.98 Å². The number of rotatable bonds is 2. The smallest absolute Gasteiger partial charge is 0.240 e. The second-order valence-electron chi connectivity index (χ2n) is 7.55. The van der Waals surface area contributed by atoms with Crippen LogP contribution in [0.15, 0.2) is 0 Å². The molecule has 4 rings (SSSR count). The van der Waals surface area contributed by atoms with Crippen LogP contribution in [0.25, 0.3) is 0 Å². The average Bonchev–Trinajstić information content (AvgIpc) is 2.68. The fourth-order valence-corrected chi connectivity index (χ4v) is 4.41. The van der Waals surface area contributed by atoms with Crippen molar-refractivity contribution in [3.05, 3.63) is 16.7 Å². The zero-order valence-corrected chi connectivity index (χ0v) is 15.2. The summed E-state index contributed by atoms with van der Waals surface area (Å²) < 4.78 is 5.55. The number of aromatic nitrogens is 1. The molecule has 2 N–H and O–H groups in total. The van der Waals surface area contributed by atoms with Crippen molar-refractivity contribution in [2.75, 3.05) is 62.8 Å². The lowest BCUT2D eigenvalue weighted by molar-refractivity contribution is -0.895. The standard InChI is InChI=1S/C19H27N5O/c1-22-8-5-15-16(13-20)18(23-6-3-2-4-7-23)21-19(17(15)14-22)24-9-11-25-12-10-24/h2-12,14H2,1H3/p+2. The first kappa shape index (κ1) is 16.6. The molecule has 1 aromatic rings. The van der Waals surface area contributed by atoms with Gasteiger partial charge in [0.15, 0.2) is 0 Å². The summed E-state index contributed by atoms with van der Waals surface area (Å²) in [5.74, 6) is 2.29. The molecule has 6 heteroatoms. The van der Waals surface area contributed by atoms with Crippen LogP contribution in [0.4, 0.5) is 11.6 Å². The van der Waals surface area contributed by atoms with Crippen molar-refractivity contribution in [2.45, 2.75) is 32.2 Å². The molecule has 0 bridgehead atoms. The minimum absolute atomic E-state index is 0.782. The Hall–Kier alpha value is -1.84. The fraction of sp³-hybridized carbons (Fsp3) is 0.684. The van der Waals surface area contributed by atoms with E-state index in [0.29, 0.717) is 0 Å². The van der Waals surface area contributed by atoms with E-state index in [1.807, 2.05) is 0 Å². The third-order valence-electron chi connectivity index (χ3n) is 5.82. The molecule has 3 aliphatic heterocycles. The van der Waals surface area contributed by atoms with Crippen molar-refractivity contribution >= 4 is 11.6 Å². The minimum Gasteiger partial charge on any atom is -0.375 e. The van der Waals surface area contributed by atoms with Gasteiger partial charge >= 0.3 is 0 Å². The van der Waals surface area contributed by atoms with Crippen molar-refractivity contribution in [3.8, 4) is 6.07 Å². The van der Waals surface area contributed by atoms with Gasteiger partial charge < -0.3 is 9.64 Å². The van der Waals surface area contributed by atoms with Crippen LogP contribution in [0.1, 0.15) is 36.0 Å². The van der Waals surface area contributed by atoms with Crippen LogP contribution in [0.2, 0.25) is 0 Å². The van der Waals surface area contributed by atoms with Gasteiger partial charge in [0.05, 0.1) is 58.5 Å². The molecular formula is C19H29N5O+2. The van der Waals surface area contributed by atoms with Crippen molar-refractivity contribution in [1.29, 1.82) is 5.26 Å². The Morgan fingerprint density at radius 1 is 1.00 bits per heavy atom. The molecule has 1 atom stereocenters. The van der Waals surface area contributed by atoms with E-state index in [4.69, 9.17) is 4.74 Å². The third kappa shape index (κ3) is 3.19. The van der Waals surface area contributed by atoms with Crippen LogP contribution < -0.4 is 19.7 Å². The molecule has 0 saturated carbocycles. The number of H-pyrrole nitrogens is 1. The summed E-state index contributed by atoms with van der Waals surface area (Å²) >= 11 is 0. The molecule has 134 valence electrons. The fourth-order valence-electron chi connectivity index (χ4n) is 4.41. The maximum atomic E-state index is 9.94. The Morgan fingerprint density at radius 2 is 1.72 bits per heavy atom. The summed E-state index contributed by atoms with van der Waals surface area (Å²) in [6.07, 6.45) is 4.73. The molecule has 1 aromatic heterocycles. The largest absolute Gasteiger partial charge is 0.375 e. The summed E-state index contributed by atoms with van der Waals surface area (Å²) in [5, 5.41) is 9.94. The van der Waals surface area contributed by atoms with Crippen LogP contribution in [0, 0.1) is 11.3 Å². The second-order valence-corrected chi connectivity index (χ2v) is 7.55. The molecule has 0 radical (unpaired) electrons. The lowest BCUT2D eigenvalue weighted by Crippen LogP contribution is -3.08. The van der Waals surface area contributed by atoms with Gasteiger partial charge in [0, 0.05) is 6.42 Å². The van der Waals surface area contributed by atoms with Gasteiger partial charge in [0.2, 0.25) is 11.6 Å². The topological polar surface area (TPSA) is 58.1 Å². The van der Waals surface area contributed by atoms with Gasteiger partial charge in [0.25, 0.3) is 0 Å². The number of nitriles is 1. The van der Waals surface area contributed by atoms with Gasteiger partial charge in [-0.05, 0) is 24.8 Å². The van der Waals surface area contributed by atoms with E-state index in [0.717, 1.165) is 70.3 Å². The van der Waals surface area contributed by atoms with E-state index in [2.05, 4.69) is 27.9 Å². The second kappa shape index (κ2) is 7.19. The summed E-state index contributed by atoms with van der Waals surface area (Å²) in [7, 11) is 2.25. The van der Waals surface area contributed by atoms with Gasteiger partial charge in [-0.2, -0.15) is 5.26 Å². The quantitative estimate of drug-likeness (QED) is 0.806. The number of anilines is 2. The lowest BCUT2D eigenvalue weighted by Gasteiger charge is -2.32. The summed E-state index contributed by atoms with van der Waals surface area (Å²) in [6, 6.07) is 2.54. The summed E-state index contributed by atoms with van der Waals surface area (Å²) in [6.45, 7) is 7.62. The number of nitrogens with one attached hydrogen (secondary N) is 2. The number of ether oxygens (including phenoxy) is 1. The maximum Gasteiger partial charge on any atom is 0.240 e. The van der Waals surface area contributed by atoms with Crippen molar-refractivity contribution in [3.63, 3.8) is 0 Å². The highest BCUT2D eigenvalue weighted by atomic mass is 16.5. The van der Waals surface area contributed by atoms with Gasteiger partial charge in [0.1, 0.15) is 18.2 Å². The van der Waals surface area contributed by atoms with Gasteiger partial charge in [-0.3, -0.25) is 9.80 Å². The highest BCUT2D eigenvalue weighted by Crippen LogP contribution is 2.30. The van der Waals surface area contributed by atoms with Crippen LogP contribution >= 0.6 is 0 Å². The molecule has 1 unspecified atom stereocenters. The Kier molecular flexibility index (Phi) is 4.78. The highest BCUT2D eigenvalue weighted by Gasteiger charge is 2.34. The molecule has 2 fully saturated rings. The molecule has 25 heavy (non-hydrogen) atoms. The first-order chi connectivity index (χ1) is 12.3. The maximum absolute atomic E-state index is 9.94. The van der Waals surface area contributed by atoms with Crippen molar-refractivity contribution in [1.82, 2.24) is 0 Å². The zero-order chi connectivity index (χ0) is 17.2. The number of aromatic amines is 1. The Labute approximate surface area is 150 Å². The normalized spacial score (nSPS) is 23.9. The number of hydrogen-bond donors (Lipinski definition) is 1. The SMILES string of the molecule is C[NH+]1CCc2c(C#N)c(N3CCCCC3)[nH+]c(N3CCOCC3)c2C1. The van der Waals surface area contributed by atoms with Crippen LogP contribution in [0.3, 0.4) is 0 Å². The van der Waals surface area contributed by atoms with E-state index >= 15 is 0 Å². The number of nitrogens with zero attached hydrogens (tertiary/aromatic N) is 3. The number of piperidine rings is 1. The molecule has 0 amide bonds. The number of likely N-dealkylation sites (N-methyl/N-ethyl adjacent to an activating group) is 1. The van der Waals surface area contributed by atoms with Crippen LogP contribution in [-0.4, -0.2) is 53.0 Å². The third-order valence-corrected chi connectivity index (χ3v) is 5.82. The van der Waals surface area contributed by atoms with Gasteiger partial charge in [-0.1, -0.05) is 0 Å². The average molecular weight is 343 g/mol. The van der Waals surface area contributed by atoms with E-state index < -0.39 is 0 Å². The van der Waals surface area contributed by atoms with E-state index in [1.54, 1.807) is 0 Å². The predicted octanol–water partition coefficient (Wildman–Crippen LogP) is -0.230. The van der Waals surface area contributed by atoms with E-state index in [-0.39, 0.29) is 0 Å². The van der Waals surface area contributed by atoms with Crippen LogP contribution in [-0.2, 0) is 17.7 Å². The molecule has 2 saturated heterocycles. The lowest BCUT2D eigenvalue weighted by atomic mass is 9.95. The minimum atomic E-state index is 0.782. The monoisotopic (exact) mass is 343 g/mol. The zero-order valence-electron chi connectivity index (χ0n) is 15.2. The molecule has 4 heterocycles. The Morgan fingerprint density at radius 3 is 2.44 bits per heavy atom. The van der Waals surface area contributed by atoms with E-state index in [9.17, 15) is 5.26 Å². The molecule has 0 aliphatic carbocycles. The Bertz CT molecular complexity index is 671. The van der Waals surface area contributed by atoms with Crippen LogP contribution in [0.5, 0.6) is 0 Å². The predicted molar refractivity (Wildman–Crippen MR) is 96.0 cm³/mol. The molecular weight excluding hydrogens is 314 g/mol. The molecule has 0 aromatic carbocycles. The van der Waals surface area contributed by atoms with E-state index in [1.165, 1.54) is 41.1 Å². The summed E-state index contributed by atoms with van der Waals surface area (Å²) in [4.78, 5) is 10.1. The van der Waals surface area contributed by atoms with Crippen molar-refractivity contribution in [2.24, 2.45) is 0 Å².